The summed E-state index contributed by atoms with van der Waals surface area (Å²) in [6, 6.07) is 20.7. The highest BCUT2D eigenvalue weighted by atomic mass is 16.1. The number of likely N-dealkylation sites (tertiary alicyclic amines) is 1. The SMILES string of the molecule is O=CNC1(Nc2ccccc2)CCN(CCc2ccccc2)CC1. The van der Waals surface area contributed by atoms with Gasteiger partial charge in [-0.15, -0.1) is 0 Å². The van der Waals surface area contributed by atoms with Crippen molar-refractivity contribution < 1.29 is 4.79 Å². The zero-order valence-electron chi connectivity index (χ0n) is 13.9. The van der Waals surface area contributed by atoms with E-state index in [2.05, 4.69) is 45.9 Å². The predicted molar refractivity (Wildman–Crippen MR) is 97.8 cm³/mol. The van der Waals surface area contributed by atoms with E-state index < -0.39 is 0 Å². The van der Waals surface area contributed by atoms with Gasteiger partial charge in [-0.1, -0.05) is 48.5 Å². The second-order valence-electron chi connectivity index (χ2n) is 6.41. The van der Waals surface area contributed by atoms with Gasteiger partial charge in [-0.05, 0) is 24.1 Å². The molecule has 1 aliphatic heterocycles. The van der Waals surface area contributed by atoms with Crippen LogP contribution in [-0.2, 0) is 11.2 Å². The minimum absolute atomic E-state index is 0.341. The van der Waals surface area contributed by atoms with Crippen molar-refractivity contribution in [2.75, 3.05) is 25.0 Å². The monoisotopic (exact) mass is 323 g/mol. The molecule has 0 unspecified atom stereocenters. The highest BCUT2D eigenvalue weighted by Gasteiger charge is 2.33. The third-order valence-electron chi connectivity index (χ3n) is 4.76. The Morgan fingerprint density at radius 2 is 1.58 bits per heavy atom. The molecule has 2 N–H and O–H groups in total. The Labute approximate surface area is 143 Å². The molecule has 0 saturated carbocycles. The molecule has 0 aromatic heterocycles. The number of hydrogen-bond donors (Lipinski definition) is 2. The number of piperidine rings is 1. The summed E-state index contributed by atoms with van der Waals surface area (Å²) in [4.78, 5) is 13.6. The largest absolute Gasteiger partial charge is 0.363 e. The maximum absolute atomic E-state index is 11.1. The first-order chi connectivity index (χ1) is 11.8. The molecule has 126 valence electrons. The van der Waals surface area contributed by atoms with E-state index in [0.29, 0.717) is 0 Å². The fraction of sp³-hybridized carbons (Fsp3) is 0.350. The van der Waals surface area contributed by atoms with Gasteiger partial charge in [0.2, 0.25) is 6.41 Å². The molecule has 2 aromatic rings. The molecule has 24 heavy (non-hydrogen) atoms. The molecule has 0 aliphatic carbocycles. The van der Waals surface area contributed by atoms with Crippen LogP contribution >= 0.6 is 0 Å². The topological polar surface area (TPSA) is 44.4 Å². The van der Waals surface area contributed by atoms with Crippen molar-refractivity contribution in [3.05, 3.63) is 66.2 Å². The number of nitrogens with zero attached hydrogens (tertiary/aromatic N) is 1. The van der Waals surface area contributed by atoms with Crippen molar-refractivity contribution in [2.24, 2.45) is 0 Å². The third kappa shape index (κ3) is 4.36. The highest BCUT2D eigenvalue weighted by Crippen LogP contribution is 2.24. The number of carbonyl (C=O) groups excluding carboxylic acids is 1. The van der Waals surface area contributed by atoms with Gasteiger partial charge in [0.15, 0.2) is 0 Å². The van der Waals surface area contributed by atoms with Crippen LogP contribution in [0.15, 0.2) is 60.7 Å². The predicted octanol–water partition coefficient (Wildman–Crippen LogP) is 2.88. The molecule has 0 spiro atoms. The number of hydrogen-bond acceptors (Lipinski definition) is 3. The second kappa shape index (κ2) is 7.97. The first kappa shape index (κ1) is 16.5. The van der Waals surface area contributed by atoms with Crippen LogP contribution in [-0.4, -0.2) is 36.6 Å². The van der Waals surface area contributed by atoms with Crippen LogP contribution in [0.1, 0.15) is 18.4 Å². The molecule has 1 fully saturated rings. The van der Waals surface area contributed by atoms with Gasteiger partial charge in [0.05, 0.1) is 0 Å². The molecule has 4 nitrogen and oxygen atoms in total. The Balaban J connectivity index is 1.55. The summed E-state index contributed by atoms with van der Waals surface area (Å²) >= 11 is 0. The fourth-order valence-corrected chi connectivity index (χ4v) is 3.31. The molecular weight excluding hydrogens is 298 g/mol. The number of benzene rings is 2. The lowest BCUT2D eigenvalue weighted by Gasteiger charge is -2.42. The van der Waals surface area contributed by atoms with Crippen molar-refractivity contribution in [3.63, 3.8) is 0 Å². The maximum atomic E-state index is 11.1. The zero-order chi connectivity index (χ0) is 16.7. The van der Waals surface area contributed by atoms with Crippen LogP contribution in [0.25, 0.3) is 0 Å². The summed E-state index contributed by atoms with van der Waals surface area (Å²) < 4.78 is 0. The summed E-state index contributed by atoms with van der Waals surface area (Å²) in [7, 11) is 0. The van der Waals surface area contributed by atoms with Crippen LogP contribution < -0.4 is 10.6 Å². The molecule has 0 atom stereocenters. The van der Waals surface area contributed by atoms with Crippen LogP contribution in [0.2, 0.25) is 0 Å². The first-order valence-electron chi connectivity index (χ1n) is 8.61. The summed E-state index contributed by atoms with van der Waals surface area (Å²) in [6.45, 7) is 3.02. The quantitative estimate of drug-likeness (QED) is 0.608. The lowest BCUT2D eigenvalue weighted by molar-refractivity contribution is -0.111. The van der Waals surface area contributed by atoms with Crippen molar-refractivity contribution in [3.8, 4) is 0 Å². The van der Waals surface area contributed by atoms with E-state index in [0.717, 1.165) is 51.0 Å². The molecule has 0 bridgehead atoms. The zero-order valence-corrected chi connectivity index (χ0v) is 13.9. The number of amides is 1. The molecule has 1 heterocycles. The Hall–Kier alpha value is -2.33. The van der Waals surface area contributed by atoms with Gasteiger partial charge < -0.3 is 15.5 Å². The van der Waals surface area contributed by atoms with E-state index in [1.807, 2.05) is 30.3 Å². The smallest absolute Gasteiger partial charge is 0.208 e. The number of anilines is 1. The van der Waals surface area contributed by atoms with Crippen molar-refractivity contribution in [1.29, 1.82) is 0 Å². The summed E-state index contributed by atoms with van der Waals surface area (Å²) in [5, 5.41) is 6.54. The lowest BCUT2D eigenvalue weighted by atomic mass is 9.95. The third-order valence-corrected chi connectivity index (χ3v) is 4.76. The maximum Gasteiger partial charge on any atom is 0.208 e. The van der Waals surface area contributed by atoms with E-state index in [1.54, 1.807) is 0 Å². The van der Waals surface area contributed by atoms with Gasteiger partial charge >= 0.3 is 0 Å². The first-order valence-corrected chi connectivity index (χ1v) is 8.61. The normalized spacial score (nSPS) is 17.2. The minimum atomic E-state index is -0.341. The standard InChI is InChI=1S/C20H25N3O/c24-17-21-20(22-19-9-5-2-6-10-19)12-15-23(16-13-20)14-11-18-7-3-1-4-8-18/h1-10,17,22H,11-16H2,(H,21,24). The average molecular weight is 323 g/mol. The van der Waals surface area contributed by atoms with Crippen molar-refractivity contribution >= 4 is 12.1 Å². The van der Waals surface area contributed by atoms with Gasteiger partial charge in [0, 0.05) is 38.2 Å². The van der Waals surface area contributed by atoms with E-state index in [-0.39, 0.29) is 5.66 Å². The van der Waals surface area contributed by atoms with Gasteiger partial charge in [-0.2, -0.15) is 0 Å². The van der Waals surface area contributed by atoms with Gasteiger partial charge in [-0.25, -0.2) is 0 Å². The van der Waals surface area contributed by atoms with E-state index in [9.17, 15) is 4.79 Å². The number of para-hydroxylation sites is 1. The summed E-state index contributed by atoms with van der Waals surface area (Å²) in [5.41, 5.74) is 2.08. The molecule has 1 saturated heterocycles. The molecule has 2 aromatic carbocycles. The number of carbonyl (C=O) groups is 1. The van der Waals surface area contributed by atoms with Gasteiger partial charge in [0.25, 0.3) is 0 Å². The summed E-state index contributed by atoms with van der Waals surface area (Å²) in [5.74, 6) is 0. The molecule has 1 amide bonds. The van der Waals surface area contributed by atoms with Crippen LogP contribution in [0.4, 0.5) is 5.69 Å². The van der Waals surface area contributed by atoms with Gasteiger partial charge in [0.1, 0.15) is 5.66 Å². The Bertz CT molecular complexity index is 622. The Morgan fingerprint density at radius 1 is 0.958 bits per heavy atom. The van der Waals surface area contributed by atoms with Crippen LogP contribution in [0.5, 0.6) is 0 Å². The van der Waals surface area contributed by atoms with Crippen molar-refractivity contribution in [2.45, 2.75) is 24.9 Å². The fourth-order valence-electron chi connectivity index (χ4n) is 3.31. The summed E-state index contributed by atoms with van der Waals surface area (Å²) in [6.07, 6.45) is 3.68. The Kier molecular flexibility index (Phi) is 5.49. The second-order valence-corrected chi connectivity index (χ2v) is 6.41. The molecule has 1 aliphatic rings. The number of nitrogens with one attached hydrogen (secondary N) is 2. The average Bonchev–Trinajstić information content (AvgIpc) is 2.63. The molecular formula is C20H25N3O. The minimum Gasteiger partial charge on any atom is -0.363 e. The highest BCUT2D eigenvalue weighted by molar-refractivity contribution is 5.52. The van der Waals surface area contributed by atoms with Gasteiger partial charge in [-0.3, -0.25) is 4.79 Å². The van der Waals surface area contributed by atoms with E-state index in [4.69, 9.17) is 0 Å². The van der Waals surface area contributed by atoms with Crippen LogP contribution in [0, 0.1) is 0 Å². The van der Waals surface area contributed by atoms with Crippen LogP contribution in [0.3, 0.4) is 0 Å². The molecule has 3 rings (SSSR count). The van der Waals surface area contributed by atoms with Crippen molar-refractivity contribution in [1.82, 2.24) is 10.2 Å². The number of rotatable bonds is 7. The van der Waals surface area contributed by atoms with E-state index >= 15 is 0 Å². The lowest BCUT2D eigenvalue weighted by Crippen LogP contribution is -2.58. The molecule has 0 radical (unpaired) electrons. The Morgan fingerprint density at radius 3 is 2.21 bits per heavy atom. The van der Waals surface area contributed by atoms with E-state index in [1.165, 1.54) is 5.56 Å². The molecule has 4 heteroatoms.